The smallest absolute Gasteiger partial charge is 0.0995 e. The van der Waals surface area contributed by atoms with Crippen molar-refractivity contribution in [3.8, 4) is 11.3 Å². The van der Waals surface area contributed by atoms with Crippen LogP contribution < -0.4 is 5.73 Å². The molecule has 0 radical (unpaired) electrons. The van der Waals surface area contributed by atoms with Crippen LogP contribution in [0, 0.1) is 5.92 Å². The average Bonchev–Trinajstić information content (AvgIpc) is 3.20. The van der Waals surface area contributed by atoms with Crippen molar-refractivity contribution < 1.29 is 0 Å². The summed E-state index contributed by atoms with van der Waals surface area (Å²) in [5.74, 6) is 1.25. The normalized spacial score (nSPS) is 23.6. The highest BCUT2D eigenvalue weighted by Gasteiger charge is 2.35. The molecule has 2 N–H and O–H groups in total. The molecular formula is C18H22N6. The molecule has 0 amide bonds. The summed E-state index contributed by atoms with van der Waals surface area (Å²) in [4.78, 5) is 4.69. The van der Waals surface area contributed by atoms with E-state index in [0.29, 0.717) is 17.9 Å². The molecule has 2 aliphatic rings. The van der Waals surface area contributed by atoms with E-state index in [1.807, 2.05) is 30.2 Å². The third kappa shape index (κ3) is 2.09. The maximum absolute atomic E-state index is 5.78. The fourth-order valence-electron chi connectivity index (χ4n) is 3.86. The molecule has 0 aliphatic heterocycles. The van der Waals surface area contributed by atoms with E-state index in [-0.39, 0.29) is 0 Å². The molecule has 6 heteroatoms. The molecular weight excluding hydrogens is 300 g/mol. The van der Waals surface area contributed by atoms with E-state index in [2.05, 4.69) is 16.0 Å². The molecule has 2 saturated carbocycles. The van der Waals surface area contributed by atoms with Crippen molar-refractivity contribution in [3.05, 3.63) is 30.4 Å². The highest BCUT2D eigenvalue weighted by molar-refractivity contribution is 5.92. The Bertz CT molecular complexity index is 898. The van der Waals surface area contributed by atoms with Crippen molar-refractivity contribution in [2.45, 2.75) is 37.6 Å². The zero-order valence-electron chi connectivity index (χ0n) is 13.9. The first-order valence-electron chi connectivity index (χ1n) is 8.80. The van der Waals surface area contributed by atoms with Gasteiger partial charge < -0.3 is 5.73 Å². The van der Waals surface area contributed by atoms with Gasteiger partial charge >= 0.3 is 0 Å². The lowest BCUT2D eigenvalue weighted by Crippen LogP contribution is -2.32. The van der Waals surface area contributed by atoms with E-state index < -0.39 is 0 Å². The number of nitrogens with zero attached hydrogens (tertiary/aromatic N) is 5. The molecule has 0 unspecified atom stereocenters. The number of aryl methyl sites for hydroxylation is 1. The van der Waals surface area contributed by atoms with Crippen LogP contribution in [-0.4, -0.2) is 31.1 Å². The molecule has 3 aromatic rings. The molecule has 3 aromatic heterocycles. The summed E-state index contributed by atoms with van der Waals surface area (Å²) in [7, 11) is 1.98. The number of aromatic nitrogens is 5. The maximum Gasteiger partial charge on any atom is 0.0995 e. The Morgan fingerprint density at radius 3 is 2.88 bits per heavy atom. The Labute approximate surface area is 140 Å². The Hall–Kier alpha value is -2.21. The minimum absolute atomic E-state index is 0.496. The molecule has 0 saturated heterocycles. The van der Waals surface area contributed by atoms with Crippen LogP contribution in [0.25, 0.3) is 22.2 Å². The predicted molar refractivity (Wildman–Crippen MR) is 92.5 cm³/mol. The van der Waals surface area contributed by atoms with Crippen LogP contribution >= 0.6 is 0 Å². The lowest BCUT2D eigenvalue weighted by atomic mass is 9.80. The predicted octanol–water partition coefficient (Wildman–Crippen LogP) is 2.62. The molecule has 0 bridgehead atoms. The van der Waals surface area contributed by atoms with Crippen LogP contribution in [-0.2, 0) is 7.05 Å². The Balaban J connectivity index is 1.62. The van der Waals surface area contributed by atoms with Crippen molar-refractivity contribution in [2.24, 2.45) is 18.7 Å². The molecule has 0 atom stereocenters. The number of nitrogens with two attached hydrogens (primary N) is 1. The zero-order valence-corrected chi connectivity index (χ0v) is 13.9. The summed E-state index contributed by atoms with van der Waals surface area (Å²) in [6.07, 6.45) is 10.7. The summed E-state index contributed by atoms with van der Waals surface area (Å²) < 4.78 is 4.09. The number of rotatable bonds is 4. The Kier molecular flexibility index (Phi) is 3.03. The standard InChI is InChI=1S/C18H22N6/c1-23-18-13(9-21-23)4-5-20-17(18)15-10-24(14-6-11(7-14)8-19)22-16(15)12-2-3-12/h4-5,9-12,14H,2-3,6-8,19H2,1H3. The number of hydrogen-bond acceptors (Lipinski definition) is 4. The van der Waals surface area contributed by atoms with Gasteiger partial charge in [0.25, 0.3) is 0 Å². The fourth-order valence-corrected chi connectivity index (χ4v) is 3.86. The van der Waals surface area contributed by atoms with Gasteiger partial charge in [-0.15, -0.1) is 0 Å². The molecule has 3 heterocycles. The molecule has 5 rings (SSSR count). The van der Waals surface area contributed by atoms with Gasteiger partial charge in [0.1, 0.15) is 0 Å². The van der Waals surface area contributed by atoms with Crippen molar-refractivity contribution in [1.29, 1.82) is 0 Å². The van der Waals surface area contributed by atoms with E-state index in [1.165, 1.54) is 24.1 Å². The third-order valence-electron chi connectivity index (χ3n) is 5.55. The highest BCUT2D eigenvalue weighted by Crippen LogP contribution is 2.46. The zero-order chi connectivity index (χ0) is 16.3. The van der Waals surface area contributed by atoms with E-state index in [4.69, 9.17) is 15.8 Å². The molecule has 2 fully saturated rings. The summed E-state index contributed by atoms with van der Waals surface area (Å²) in [6, 6.07) is 2.51. The van der Waals surface area contributed by atoms with Crippen LogP contribution in [0.2, 0.25) is 0 Å². The average molecular weight is 322 g/mol. The van der Waals surface area contributed by atoms with Crippen molar-refractivity contribution in [3.63, 3.8) is 0 Å². The summed E-state index contributed by atoms with van der Waals surface area (Å²) in [6.45, 7) is 0.788. The number of hydrogen-bond donors (Lipinski definition) is 1. The van der Waals surface area contributed by atoms with Crippen LogP contribution in [0.1, 0.15) is 43.3 Å². The van der Waals surface area contributed by atoms with Gasteiger partial charge in [-0.3, -0.25) is 14.3 Å². The van der Waals surface area contributed by atoms with Gasteiger partial charge in [-0.1, -0.05) is 0 Å². The number of pyridine rings is 1. The molecule has 2 aliphatic carbocycles. The van der Waals surface area contributed by atoms with Crippen LogP contribution in [0.5, 0.6) is 0 Å². The summed E-state index contributed by atoms with van der Waals surface area (Å²) in [5, 5.41) is 10.5. The summed E-state index contributed by atoms with van der Waals surface area (Å²) in [5.41, 5.74) is 10.3. The first-order valence-corrected chi connectivity index (χ1v) is 8.80. The van der Waals surface area contributed by atoms with Gasteiger partial charge in [0.15, 0.2) is 0 Å². The topological polar surface area (TPSA) is 74.5 Å². The first-order chi connectivity index (χ1) is 11.7. The first kappa shape index (κ1) is 14.2. The molecule has 0 aromatic carbocycles. The van der Waals surface area contributed by atoms with E-state index in [0.717, 1.165) is 36.0 Å². The van der Waals surface area contributed by atoms with Gasteiger partial charge in [0, 0.05) is 36.3 Å². The Morgan fingerprint density at radius 1 is 1.29 bits per heavy atom. The SMILES string of the molecule is Cn1ncc2ccnc(-c3cn(C4CC(CN)C4)nc3C3CC3)c21. The monoisotopic (exact) mass is 322 g/mol. The Morgan fingerprint density at radius 2 is 2.12 bits per heavy atom. The minimum atomic E-state index is 0.496. The van der Waals surface area contributed by atoms with Gasteiger partial charge in [-0.25, -0.2) is 0 Å². The molecule has 24 heavy (non-hydrogen) atoms. The van der Waals surface area contributed by atoms with Crippen LogP contribution in [0.4, 0.5) is 0 Å². The molecule has 0 spiro atoms. The van der Waals surface area contributed by atoms with Crippen molar-refractivity contribution >= 4 is 10.9 Å². The maximum atomic E-state index is 5.78. The lowest BCUT2D eigenvalue weighted by Gasteiger charge is -2.34. The fraction of sp³-hybridized carbons (Fsp3) is 0.500. The van der Waals surface area contributed by atoms with E-state index >= 15 is 0 Å². The minimum Gasteiger partial charge on any atom is -0.330 e. The van der Waals surface area contributed by atoms with Gasteiger partial charge in [0.05, 0.1) is 29.1 Å². The van der Waals surface area contributed by atoms with Crippen LogP contribution in [0.15, 0.2) is 24.7 Å². The van der Waals surface area contributed by atoms with E-state index in [1.54, 1.807) is 0 Å². The molecule has 6 nitrogen and oxygen atoms in total. The second-order valence-electron chi connectivity index (χ2n) is 7.27. The third-order valence-corrected chi connectivity index (χ3v) is 5.55. The quantitative estimate of drug-likeness (QED) is 0.801. The summed E-state index contributed by atoms with van der Waals surface area (Å²) >= 11 is 0. The number of fused-ring (bicyclic) bond motifs is 1. The van der Waals surface area contributed by atoms with Gasteiger partial charge in [-0.2, -0.15) is 10.2 Å². The van der Waals surface area contributed by atoms with Crippen LogP contribution in [0.3, 0.4) is 0 Å². The largest absolute Gasteiger partial charge is 0.330 e. The highest BCUT2D eigenvalue weighted by atomic mass is 15.3. The lowest BCUT2D eigenvalue weighted by molar-refractivity contribution is 0.189. The van der Waals surface area contributed by atoms with Crippen molar-refractivity contribution in [2.75, 3.05) is 6.54 Å². The van der Waals surface area contributed by atoms with Crippen molar-refractivity contribution in [1.82, 2.24) is 24.5 Å². The van der Waals surface area contributed by atoms with Gasteiger partial charge in [0.2, 0.25) is 0 Å². The molecule has 124 valence electrons. The second kappa shape index (κ2) is 5.14. The van der Waals surface area contributed by atoms with E-state index in [9.17, 15) is 0 Å². The second-order valence-corrected chi connectivity index (χ2v) is 7.27. The van der Waals surface area contributed by atoms with Gasteiger partial charge in [-0.05, 0) is 44.2 Å².